The maximum atomic E-state index is 7.01. The van der Waals surface area contributed by atoms with Crippen molar-refractivity contribution in [1.29, 1.82) is 0 Å². The monoisotopic (exact) mass is 700 g/mol. The molecule has 0 radical (unpaired) electrons. The summed E-state index contributed by atoms with van der Waals surface area (Å²) < 4.78 is 11.8. The minimum Gasteiger partial charge on any atom is -0.456 e. The quantitative estimate of drug-likeness (QED) is 0.179. The summed E-state index contributed by atoms with van der Waals surface area (Å²) in [5.41, 5.74) is 13.9. The molecule has 0 bridgehead atoms. The van der Waals surface area contributed by atoms with Gasteiger partial charge in [-0.25, -0.2) is 0 Å². The lowest BCUT2D eigenvalue weighted by Gasteiger charge is -2.23. The molecule has 0 unspecified atom stereocenters. The molecule has 0 atom stereocenters. The minimum atomic E-state index is 0.870. The van der Waals surface area contributed by atoms with Gasteiger partial charge in [-0.15, -0.1) is 0 Å². The molecule has 3 nitrogen and oxygen atoms in total. The van der Waals surface area contributed by atoms with Crippen LogP contribution in [-0.2, 0) is 0 Å². The highest BCUT2D eigenvalue weighted by Crippen LogP contribution is 2.51. The summed E-state index contributed by atoms with van der Waals surface area (Å²) in [5, 5.41) is 7.33. The molecule has 0 saturated heterocycles. The fraction of sp³-hybridized carbons (Fsp3) is 0. The van der Waals surface area contributed by atoms with Gasteiger partial charge in [0.2, 0.25) is 0 Å². The fourth-order valence-corrected chi connectivity index (χ4v) is 9.07. The van der Waals surface area contributed by atoms with Crippen molar-refractivity contribution < 1.29 is 4.74 Å². The molecule has 0 saturated carbocycles. The Bertz CT molecular complexity index is 3330. The van der Waals surface area contributed by atoms with Crippen LogP contribution >= 0.6 is 0 Å². The van der Waals surface area contributed by atoms with E-state index in [1.54, 1.807) is 0 Å². The van der Waals surface area contributed by atoms with E-state index in [-0.39, 0.29) is 0 Å². The summed E-state index contributed by atoms with van der Waals surface area (Å²) >= 11 is 0. The number of hydrogen-bond acceptors (Lipinski definition) is 1. The van der Waals surface area contributed by atoms with Gasteiger partial charge in [0.05, 0.1) is 22.1 Å². The number of benzene rings is 9. The van der Waals surface area contributed by atoms with Crippen LogP contribution in [0, 0.1) is 0 Å². The SMILES string of the molecule is c1ccc(-c2cccc(-n3c4ccccc4c4c5cccc6c5c(cc43)Oc3cc(-c4ccc5c7ccccc7n(-c7ccccc7)c5c4)ccc3-6)c2)cc1. The van der Waals surface area contributed by atoms with E-state index in [4.69, 9.17) is 4.74 Å². The van der Waals surface area contributed by atoms with Crippen LogP contribution in [0.5, 0.6) is 11.5 Å². The molecule has 0 spiro atoms. The normalized spacial score (nSPS) is 12.1. The topological polar surface area (TPSA) is 19.1 Å². The fourth-order valence-electron chi connectivity index (χ4n) is 9.07. The predicted octanol–water partition coefficient (Wildman–Crippen LogP) is 14.1. The Morgan fingerprint density at radius 2 is 0.891 bits per heavy atom. The second-order valence-electron chi connectivity index (χ2n) is 14.5. The van der Waals surface area contributed by atoms with Gasteiger partial charge < -0.3 is 13.9 Å². The Balaban J connectivity index is 1.04. The predicted molar refractivity (Wildman–Crippen MR) is 229 cm³/mol. The number of rotatable bonds is 4. The van der Waals surface area contributed by atoms with Crippen LogP contribution < -0.4 is 4.74 Å². The zero-order chi connectivity index (χ0) is 36.0. The minimum absolute atomic E-state index is 0.870. The van der Waals surface area contributed by atoms with Crippen molar-refractivity contribution in [1.82, 2.24) is 9.13 Å². The summed E-state index contributed by atoms with van der Waals surface area (Å²) in [5.74, 6) is 1.75. The third kappa shape index (κ3) is 4.44. The lowest BCUT2D eigenvalue weighted by Crippen LogP contribution is -1.99. The average molecular weight is 701 g/mol. The highest BCUT2D eigenvalue weighted by molar-refractivity contribution is 6.25. The molecule has 11 aromatic rings. The molecule has 0 fully saturated rings. The Hall–Kier alpha value is -7.36. The van der Waals surface area contributed by atoms with Gasteiger partial charge in [0.15, 0.2) is 0 Å². The molecular weight excluding hydrogens is 669 g/mol. The first-order valence-electron chi connectivity index (χ1n) is 18.8. The molecule has 0 N–H and O–H groups in total. The summed E-state index contributed by atoms with van der Waals surface area (Å²) in [4.78, 5) is 0. The van der Waals surface area contributed by atoms with E-state index in [0.29, 0.717) is 0 Å². The second-order valence-corrected chi connectivity index (χ2v) is 14.5. The molecule has 256 valence electrons. The Labute approximate surface area is 317 Å². The molecule has 0 aliphatic carbocycles. The van der Waals surface area contributed by atoms with Crippen LogP contribution in [0.2, 0.25) is 0 Å². The summed E-state index contributed by atoms with van der Waals surface area (Å²) in [6, 6.07) is 70.0. The summed E-state index contributed by atoms with van der Waals surface area (Å²) in [7, 11) is 0. The molecule has 1 aliphatic heterocycles. The lowest BCUT2D eigenvalue weighted by molar-refractivity contribution is 0.488. The highest BCUT2D eigenvalue weighted by Gasteiger charge is 2.25. The highest BCUT2D eigenvalue weighted by atomic mass is 16.5. The number of para-hydroxylation sites is 3. The standard InChI is InChI=1S/C52H32N2O/c1-3-13-33(14-4-1)34-15-11-18-38(29-34)54-46-24-10-8-20-43(46)51-44-22-12-21-42-41-28-26-36(31-49(41)55-50(52(42)44)32-48(51)54)35-25-27-40-39-19-7-9-23-45(39)53(47(40)30-35)37-16-5-2-6-17-37/h1-32H. The first-order valence-corrected chi connectivity index (χ1v) is 18.8. The maximum absolute atomic E-state index is 7.01. The molecule has 3 heteroatoms. The van der Waals surface area contributed by atoms with E-state index in [2.05, 4.69) is 203 Å². The third-order valence-electron chi connectivity index (χ3n) is 11.5. The molecule has 3 heterocycles. The van der Waals surface area contributed by atoms with Crippen molar-refractivity contribution >= 4 is 54.4 Å². The van der Waals surface area contributed by atoms with Crippen molar-refractivity contribution in [2.45, 2.75) is 0 Å². The Morgan fingerprint density at radius 1 is 0.291 bits per heavy atom. The third-order valence-corrected chi connectivity index (χ3v) is 11.5. The van der Waals surface area contributed by atoms with Crippen LogP contribution in [-0.4, -0.2) is 9.13 Å². The lowest BCUT2D eigenvalue weighted by atomic mass is 9.91. The van der Waals surface area contributed by atoms with Crippen molar-refractivity contribution in [3.05, 3.63) is 194 Å². The number of fused-ring (bicyclic) bond motifs is 9. The van der Waals surface area contributed by atoms with Gasteiger partial charge in [0.25, 0.3) is 0 Å². The smallest absolute Gasteiger partial charge is 0.138 e. The number of ether oxygens (including phenoxy) is 1. The summed E-state index contributed by atoms with van der Waals surface area (Å²) in [6.07, 6.45) is 0. The van der Waals surface area contributed by atoms with Gasteiger partial charge in [-0.2, -0.15) is 0 Å². The number of nitrogens with zero attached hydrogens (tertiary/aromatic N) is 2. The second kappa shape index (κ2) is 11.6. The number of aromatic nitrogens is 2. The van der Waals surface area contributed by atoms with Gasteiger partial charge in [0.1, 0.15) is 11.5 Å². The van der Waals surface area contributed by atoms with Crippen LogP contribution in [0.3, 0.4) is 0 Å². The zero-order valence-corrected chi connectivity index (χ0v) is 29.8. The van der Waals surface area contributed by atoms with Crippen LogP contribution in [0.4, 0.5) is 0 Å². The average Bonchev–Trinajstić information content (AvgIpc) is 3.77. The van der Waals surface area contributed by atoms with E-state index < -0.39 is 0 Å². The molecular formula is C52H32N2O. The Kier molecular flexibility index (Phi) is 6.34. The maximum Gasteiger partial charge on any atom is 0.138 e. The molecule has 2 aromatic heterocycles. The molecule has 0 amide bonds. The van der Waals surface area contributed by atoms with Crippen molar-refractivity contribution in [2.24, 2.45) is 0 Å². The van der Waals surface area contributed by atoms with Crippen molar-refractivity contribution in [2.75, 3.05) is 0 Å². The van der Waals surface area contributed by atoms with Gasteiger partial charge in [-0.3, -0.25) is 0 Å². The molecule has 55 heavy (non-hydrogen) atoms. The van der Waals surface area contributed by atoms with Crippen LogP contribution in [0.1, 0.15) is 0 Å². The van der Waals surface area contributed by atoms with Gasteiger partial charge in [0, 0.05) is 49.9 Å². The van der Waals surface area contributed by atoms with E-state index in [0.717, 1.165) is 50.5 Å². The van der Waals surface area contributed by atoms with Crippen molar-refractivity contribution in [3.63, 3.8) is 0 Å². The molecule has 1 aliphatic rings. The first kappa shape index (κ1) is 30.1. The van der Waals surface area contributed by atoms with Crippen LogP contribution in [0.25, 0.3) is 99.1 Å². The largest absolute Gasteiger partial charge is 0.456 e. The van der Waals surface area contributed by atoms with Crippen LogP contribution in [0.15, 0.2) is 194 Å². The zero-order valence-electron chi connectivity index (χ0n) is 29.8. The van der Waals surface area contributed by atoms with Gasteiger partial charge in [-0.1, -0.05) is 133 Å². The van der Waals surface area contributed by atoms with Gasteiger partial charge in [-0.05, 0) is 87.8 Å². The van der Waals surface area contributed by atoms with E-state index >= 15 is 0 Å². The van der Waals surface area contributed by atoms with E-state index in [1.807, 2.05) is 0 Å². The van der Waals surface area contributed by atoms with E-state index in [9.17, 15) is 0 Å². The van der Waals surface area contributed by atoms with Gasteiger partial charge >= 0.3 is 0 Å². The molecule has 12 rings (SSSR count). The van der Waals surface area contributed by atoms with E-state index in [1.165, 1.54) is 60.2 Å². The van der Waals surface area contributed by atoms with Crippen molar-refractivity contribution in [3.8, 4) is 56.3 Å². The molecule has 9 aromatic carbocycles. The number of hydrogen-bond donors (Lipinski definition) is 0. The summed E-state index contributed by atoms with van der Waals surface area (Å²) in [6.45, 7) is 0. The Morgan fingerprint density at radius 3 is 1.75 bits per heavy atom. The first-order chi connectivity index (χ1) is 27.3.